The van der Waals surface area contributed by atoms with Crippen LogP contribution >= 0.6 is 39.3 Å². The van der Waals surface area contributed by atoms with Gasteiger partial charge in [-0.3, -0.25) is 4.79 Å². The van der Waals surface area contributed by atoms with E-state index in [9.17, 15) is 4.79 Å². The van der Waals surface area contributed by atoms with Crippen LogP contribution in [0.25, 0.3) is 11.4 Å². The molecule has 1 aromatic heterocycles. The number of hydrazone groups is 1. The van der Waals surface area contributed by atoms with E-state index in [-0.39, 0.29) is 11.7 Å². The number of rotatable bonds is 9. The highest BCUT2D eigenvalue weighted by molar-refractivity contribution is 9.10. The van der Waals surface area contributed by atoms with Gasteiger partial charge in [0, 0.05) is 27.7 Å². The van der Waals surface area contributed by atoms with Crippen molar-refractivity contribution in [3.8, 4) is 17.1 Å². The van der Waals surface area contributed by atoms with Crippen LogP contribution < -0.4 is 10.2 Å². The van der Waals surface area contributed by atoms with Gasteiger partial charge in [-0.25, -0.2) is 5.43 Å². The quantitative estimate of drug-likeness (QED) is 0.158. The fourth-order valence-electron chi connectivity index (χ4n) is 3.12. The summed E-state index contributed by atoms with van der Waals surface area (Å²) in [7, 11) is 1.87. The summed E-state index contributed by atoms with van der Waals surface area (Å²) in [5.74, 6) is 1.28. The fraction of sp³-hybridized carbons (Fsp3) is 0.120. The Bertz CT molecular complexity index is 1340. The lowest BCUT2D eigenvalue weighted by Gasteiger charge is -2.09. The number of carbonyl (C=O) groups excluding carboxylic acids is 1. The smallest absolute Gasteiger partial charge is 0.250 e. The predicted molar refractivity (Wildman–Crippen MR) is 143 cm³/mol. The van der Waals surface area contributed by atoms with Crippen molar-refractivity contribution in [1.82, 2.24) is 20.2 Å². The number of nitrogens with zero attached hydrogens (tertiary/aromatic N) is 4. The Balaban J connectivity index is 1.30. The van der Waals surface area contributed by atoms with Crippen LogP contribution in [0.2, 0.25) is 5.02 Å². The van der Waals surface area contributed by atoms with Crippen molar-refractivity contribution >= 4 is 51.4 Å². The zero-order valence-electron chi connectivity index (χ0n) is 18.7. The number of hydrogen-bond acceptors (Lipinski definition) is 6. The maximum absolute atomic E-state index is 12.3. The summed E-state index contributed by atoms with van der Waals surface area (Å²) >= 11 is 10.7. The van der Waals surface area contributed by atoms with Crippen LogP contribution in [-0.4, -0.2) is 32.6 Å². The van der Waals surface area contributed by atoms with Crippen molar-refractivity contribution in [3.63, 3.8) is 0 Å². The van der Waals surface area contributed by atoms with Gasteiger partial charge >= 0.3 is 0 Å². The van der Waals surface area contributed by atoms with Crippen LogP contribution in [-0.2, 0) is 18.4 Å². The molecule has 0 bridgehead atoms. The number of halogens is 2. The molecule has 0 saturated carbocycles. The van der Waals surface area contributed by atoms with Gasteiger partial charge in [0.15, 0.2) is 11.0 Å². The molecule has 0 aliphatic heterocycles. The molecule has 0 aliphatic rings. The number of aromatic nitrogens is 3. The molecule has 7 nitrogen and oxygen atoms in total. The Hall–Kier alpha value is -3.14. The number of thioether (sulfide) groups is 1. The third-order valence-corrected chi connectivity index (χ3v) is 6.64. The molecule has 0 atom stereocenters. The van der Waals surface area contributed by atoms with Gasteiger partial charge in [-0.15, -0.1) is 10.2 Å². The van der Waals surface area contributed by atoms with Crippen molar-refractivity contribution < 1.29 is 9.53 Å². The van der Waals surface area contributed by atoms with Crippen LogP contribution in [0.3, 0.4) is 0 Å². The maximum atomic E-state index is 12.3. The summed E-state index contributed by atoms with van der Waals surface area (Å²) in [6.45, 7) is 0.393. The van der Waals surface area contributed by atoms with Crippen LogP contribution in [0.4, 0.5) is 0 Å². The van der Waals surface area contributed by atoms with E-state index in [1.165, 1.54) is 11.8 Å². The molecule has 0 aliphatic carbocycles. The first-order chi connectivity index (χ1) is 17.0. The molecule has 0 radical (unpaired) electrons. The Morgan fingerprint density at radius 3 is 2.74 bits per heavy atom. The highest BCUT2D eigenvalue weighted by Gasteiger charge is 2.13. The van der Waals surface area contributed by atoms with Gasteiger partial charge in [0.2, 0.25) is 0 Å². The highest BCUT2D eigenvalue weighted by atomic mass is 79.9. The topological polar surface area (TPSA) is 81.4 Å². The molecule has 4 rings (SSSR count). The lowest BCUT2D eigenvalue weighted by molar-refractivity contribution is -0.118. The van der Waals surface area contributed by atoms with Crippen molar-refractivity contribution in [2.75, 3.05) is 5.75 Å². The van der Waals surface area contributed by atoms with Gasteiger partial charge in [0.05, 0.1) is 12.0 Å². The lowest BCUT2D eigenvalue weighted by atomic mass is 10.2. The van der Waals surface area contributed by atoms with Gasteiger partial charge in [-0.1, -0.05) is 75.7 Å². The van der Waals surface area contributed by atoms with Crippen molar-refractivity contribution in [1.29, 1.82) is 0 Å². The number of benzene rings is 3. The third kappa shape index (κ3) is 6.94. The molecular weight excluding hydrogens is 550 g/mol. The zero-order chi connectivity index (χ0) is 24.6. The minimum atomic E-state index is -0.252. The standard InChI is InChI=1S/C25H21BrClN5O2S/c1-32-24(18-6-4-7-20(26)13-18)30-31-25(32)35-16-23(33)29-28-14-19-5-2-3-8-22(19)34-15-17-9-11-21(27)12-10-17/h2-14H,15-16H2,1H3,(H,29,33)/b28-14-. The van der Waals surface area contributed by atoms with Gasteiger partial charge in [0.25, 0.3) is 5.91 Å². The largest absolute Gasteiger partial charge is 0.488 e. The van der Waals surface area contributed by atoms with Crippen LogP contribution in [0.1, 0.15) is 11.1 Å². The second-order valence-electron chi connectivity index (χ2n) is 7.41. The van der Waals surface area contributed by atoms with E-state index < -0.39 is 0 Å². The highest BCUT2D eigenvalue weighted by Crippen LogP contribution is 2.25. The fourth-order valence-corrected chi connectivity index (χ4v) is 4.34. The minimum Gasteiger partial charge on any atom is -0.488 e. The van der Waals surface area contributed by atoms with E-state index in [0.29, 0.717) is 22.5 Å². The lowest BCUT2D eigenvalue weighted by Crippen LogP contribution is -2.20. The number of hydrogen-bond donors (Lipinski definition) is 1. The van der Waals surface area contributed by atoms with Gasteiger partial charge in [-0.05, 0) is 42.0 Å². The predicted octanol–water partition coefficient (Wildman–Crippen LogP) is 5.72. The SMILES string of the molecule is Cn1c(SCC(=O)N/N=C\c2ccccc2OCc2ccc(Cl)cc2)nnc1-c1cccc(Br)c1. The van der Waals surface area contributed by atoms with Gasteiger partial charge in [0.1, 0.15) is 12.4 Å². The summed E-state index contributed by atoms with van der Waals surface area (Å²) in [6.07, 6.45) is 1.56. The van der Waals surface area contributed by atoms with Crippen LogP contribution in [0.5, 0.6) is 5.75 Å². The molecular formula is C25H21BrClN5O2S. The van der Waals surface area contributed by atoms with Gasteiger partial charge < -0.3 is 9.30 Å². The van der Waals surface area contributed by atoms with E-state index in [4.69, 9.17) is 16.3 Å². The number of ether oxygens (including phenoxy) is 1. The zero-order valence-corrected chi connectivity index (χ0v) is 21.8. The number of nitrogens with one attached hydrogen (secondary N) is 1. The Labute approximate surface area is 220 Å². The normalized spacial score (nSPS) is 11.1. The first-order valence-corrected chi connectivity index (χ1v) is 12.7. The second kappa shape index (κ2) is 12.0. The van der Waals surface area contributed by atoms with Crippen molar-refractivity contribution in [3.05, 3.63) is 93.4 Å². The van der Waals surface area contributed by atoms with E-state index in [2.05, 4.69) is 36.7 Å². The minimum absolute atomic E-state index is 0.149. The molecule has 10 heteroatoms. The molecule has 4 aromatic rings. The first-order valence-electron chi connectivity index (χ1n) is 10.6. The molecule has 1 amide bonds. The average Bonchev–Trinajstić information content (AvgIpc) is 3.23. The number of carbonyl (C=O) groups is 1. The summed E-state index contributed by atoms with van der Waals surface area (Å²) in [5, 5.41) is 13.9. The van der Waals surface area contributed by atoms with Crippen molar-refractivity contribution in [2.24, 2.45) is 12.1 Å². The summed E-state index contributed by atoms with van der Waals surface area (Å²) < 4.78 is 8.73. The summed E-state index contributed by atoms with van der Waals surface area (Å²) in [5.41, 5.74) is 5.24. The van der Waals surface area contributed by atoms with Crippen LogP contribution in [0.15, 0.2) is 87.5 Å². The monoisotopic (exact) mass is 569 g/mol. The molecule has 0 saturated heterocycles. The van der Waals surface area contributed by atoms with E-state index in [0.717, 1.165) is 27.0 Å². The molecule has 1 heterocycles. The molecule has 178 valence electrons. The molecule has 1 N–H and O–H groups in total. The van der Waals surface area contributed by atoms with E-state index in [1.807, 2.05) is 84.4 Å². The Morgan fingerprint density at radius 1 is 1.14 bits per heavy atom. The molecule has 35 heavy (non-hydrogen) atoms. The summed E-state index contributed by atoms with van der Waals surface area (Å²) in [6, 6.07) is 22.8. The second-order valence-corrected chi connectivity index (χ2v) is 9.70. The molecule has 3 aromatic carbocycles. The Kier molecular flexibility index (Phi) is 8.57. The average molecular weight is 571 g/mol. The molecule has 0 spiro atoms. The number of para-hydroxylation sites is 1. The first kappa shape index (κ1) is 25.0. The van der Waals surface area contributed by atoms with E-state index in [1.54, 1.807) is 6.21 Å². The van der Waals surface area contributed by atoms with Gasteiger partial charge in [-0.2, -0.15) is 5.10 Å². The van der Waals surface area contributed by atoms with E-state index >= 15 is 0 Å². The Morgan fingerprint density at radius 2 is 1.94 bits per heavy atom. The maximum Gasteiger partial charge on any atom is 0.250 e. The number of amides is 1. The summed E-state index contributed by atoms with van der Waals surface area (Å²) in [4.78, 5) is 12.3. The molecule has 0 unspecified atom stereocenters. The third-order valence-electron chi connectivity index (χ3n) is 4.87. The van der Waals surface area contributed by atoms with Crippen molar-refractivity contribution in [2.45, 2.75) is 11.8 Å². The molecule has 0 fully saturated rings. The van der Waals surface area contributed by atoms with Crippen LogP contribution in [0, 0.1) is 0 Å².